The molecule has 5 rings (SSSR count). The number of aromatic amines is 2. The van der Waals surface area contributed by atoms with Crippen molar-refractivity contribution in [2.45, 2.75) is 31.7 Å². The lowest BCUT2D eigenvalue weighted by atomic mass is 9.91. The number of imidazole rings is 1. The first-order valence-electron chi connectivity index (χ1n) is 9.48. The van der Waals surface area contributed by atoms with Crippen molar-refractivity contribution in [3.8, 4) is 0 Å². The van der Waals surface area contributed by atoms with Crippen molar-refractivity contribution in [2.75, 3.05) is 11.4 Å². The number of benzene rings is 1. The predicted octanol–water partition coefficient (Wildman–Crippen LogP) is 3.96. The van der Waals surface area contributed by atoms with E-state index in [2.05, 4.69) is 31.8 Å². The summed E-state index contributed by atoms with van der Waals surface area (Å²) in [6.45, 7) is 2.99. The Kier molecular flexibility index (Phi) is 4.16. The van der Waals surface area contributed by atoms with Crippen LogP contribution in [-0.4, -0.2) is 48.6 Å². The molecule has 0 bridgehead atoms. The van der Waals surface area contributed by atoms with Gasteiger partial charge in [0.25, 0.3) is 0 Å². The molecule has 29 heavy (non-hydrogen) atoms. The number of halogens is 1. The Labute approximate surface area is 170 Å². The maximum atomic E-state index is 11.2. The highest BCUT2D eigenvalue weighted by atomic mass is 35.5. The summed E-state index contributed by atoms with van der Waals surface area (Å²) in [6.07, 6.45) is 5.10. The standard InChI is InChI=1S/C20H19ClN6O2/c1-10-6-11(17-25-14-3-2-12(20(28)29)7-15(14)26-17)4-5-27(10)19-16-13(21)8-22-18(16)23-9-24-19/h2-3,7-11H,4-6H2,1H3,(H,25,26)(H,28,29)(H,22,23,24)/t10-,11?/m1/s1. The Morgan fingerprint density at radius 3 is 3.00 bits per heavy atom. The summed E-state index contributed by atoms with van der Waals surface area (Å²) in [7, 11) is 0. The zero-order chi connectivity index (χ0) is 20.1. The molecule has 0 radical (unpaired) electrons. The van der Waals surface area contributed by atoms with Crippen molar-refractivity contribution in [2.24, 2.45) is 0 Å². The molecule has 1 aliphatic heterocycles. The molecule has 1 saturated heterocycles. The van der Waals surface area contributed by atoms with Crippen LogP contribution in [0.5, 0.6) is 0 Å². The number of carbonyl (C=O) groups is 1. The van der Waals surface area contributed by atoms with Gasteiger partial charge in [-0.05, 0) is 38.0 Å². The number of nitrogens with zero attached hydrogens (tertiary/aromatic N) is 4. The van der Waals surface area contributed by atoms with Gasteiger partial charge in [-0.15, -0.1) is 0 Å². The molecule has 0 amide bonds. The van der Waals surface area contributed by atoms with Crippen molar-refractivity contribution in [3.63, 3.8) is 0 Å². The highest BCUT2D eigenvalue weighted by Crippen LogP contribution is 2.37. The van der Waals surface area contributed by atoms with Gasteiger partial charge in [0.2, 0.25) is 0 Å². The Morgan fingerprint density at radius 2 is 2.21 bits per heavy atom. The summed E-state index contributed by atoms with van der Waals surface area (Å²) >= 11 is 6.35. The highest BCUT2D eigenvalue weighted by molar-refractivity contribution is 6.36. The number of fused-ring (bicyclic) bond motifs is 2. The van der Waals surface area contributed by atoms with Gasteiger partial charge in [-0.25, -0.2) is 19.7 Å². The number of rotatable bonds is 3. The summed E-state index contributed by atoms with van der Waals surface area (Å²) in [5.41, 5.74) is 2.54. The number of carboxylic acids is 1. The van der Waals surface area contributed by atoms with Crippen molar-refractivity contribution >= 4 is 45.5 Å². The van der Waals surface area contributed by atoms with Crippen LogP contribution in [0.4, 0.5) is 5.82 Å². The first-order chi connectivity index (χ1) is 14.0. The van der Waals surface area contributed by atoms with Crippen LogP contribution >= 0.6 is 11.6 Å². The number of nitrogens with one attached hydrogen (secondary N) is 2. The smallest absolute Gasteiger partial charge is 0.335 e. The van der Waals surface area contributed by atoms with Gasteiger partial charge in [-0.2, -0.15) is 0 Å². The molecule has 3 aromatic heterocycles. The molecule has 9 heteroatoms. The van der Waals surface area contributed by atoms with E-state index in [1.165, 1.54) is 0 Å². The van der Waals surface area contributed by atoms with Crippen molar-refractivity contribution in [1.29, 1.82) is 0 Å². The van der Waals surface area contributed by atoms with Gasteiger partial charge in [0.15, 0.2) is 0 Å². The van der Waals surface area contributed by atoms with Gasteiger partial charge in [0.1, 0.15) is 23.6 Å². The SMILES string of the molecule is C[C@@H]1CC(c2nc3ccc(C(=O)O)cc3[nH]2)CCN1c1ncnc2[nH]cc(Cl)c12. The zero-order valence-electron chi connectivity index (χ0n) is 15.7. The maximum absolute atomic E-state index is 11.2. The Morgan fingerprint density at radius 1 is 1.34 bits per heavy atom. The Hall–Kier alpha value is -3.13. The summed E-state index contributed by atoms with van der Waals surface area (Å²) in [5, 5.41) is 10.7. The van der Waals surface area contributed by atoms with E-state index in [0.29, 0.717) is 5.02 Å². The number of aromatic carboxylic acids is 1. The minimum atomic E-state index is -0.940. The molecule has 0 saturated carbocycles. The number of hydrogen-bond donors (Lipinski definition) is 3. The number of anilines is 1. The molecule has 1 aliphatic rings. The Balaban J connectivity index is 1.42. The first-order valence-corrected chi connectivity index (χ1v) is 9.86. The lowest BCUT2D eigenvalue weighted by Crippen LogP contribution is -2.41. The van der Waals surface area contributed by atoms with Crippen molar-refractivity contribution < 1.29 is 9.90 Å². The zero-order valence-corrected chi connectivity index (χ0v) is 16.4. The van der Waals surface area contributed by atoms with Crippen LogP contribution in [0, 0.1) is 0 Å². The fraction of sp³-hybridized carbons (Fsp3) is 0.300. The van der Waals surface area contributed by atoms with Gasteiger partial charge < -0.3 is 20.0 Å². The van der Waals surface area contributed by atoms with Gasteiger partial charge in [-0.1, -0.05) is 11.6 Å². The quantitative estimate of drug-likeness (QED) is 0.471. The van der Waals surface area contributed by atoms with Crippen LogP contribution in [0.15, 0.2) is 30.7 Å². The number of hydrogen-bond acceptors (Lipinski definition) is 5. The van der Waals surface area contributed by atoms with Crippen molar-refractivity contribution in [1.82, 2.24) is 24.9 Å². The average Bonchev–Trinajstić information content (AvgIpc) is 3.31. The molecule has 2 atom stereocenters. The molecule has 148 valence electrons. The van der Waals surface area contributed by atoms with Crippen LogP contribution in [0.3, 0.4) is 0 Å². The van der Waals surface area contributed by atoms with Crippen LogP contribution < -0.4 is 4.90 Å². The van der Waals surface area contributed by atoms with E-state index in [4.69, 9.17) is 16.6 Å². The third kappa shape index (κ3) is 3.00. The number of H-pyrrole nitrogens is 2. The van der Waals surface area contributed by atoms with Crippen LogP contribution in [-0.2, 0) is 0 Å². The number of aromatic nitrogens is 5. The lowest BCUT2D eigenvalue weighted by molar-refractivity contribution is 0.0697. The van der Waals surface area contributed by atoms with E-state index in [-0.39, 0.29) is 17.5 Å². The molecule has 1 unspecified atom stereocenters. The lowest BCUT2D eigenvalue weighted by Gasteiger charge is -2.38. The third-order valence-electron chi connectivity index (χ3n) is 5.68. The second-order valence-corrected chi connectivity index (χ2v) is 7.89. The second kappa shape index (κ2) is 6.73. The predicted molar refractivity (Wildman–Crippen MR) is 111 cm³/mol. The summed E-state index contributed by atoms with van der Waals surface area (Å²) in [4.78, 5) is 33.3. The van der Waals surface area contributed by atoms with Gasteiger partial charge in [0, 0.05) is 24.7 Å². The van der Waals surface area contributed by atoms with E-state index in [9.17, 15) is 9.90 Å². The normalized spacial score (nSPS) is 19.9. The fourth-order valence-corrected chi connectivity index (χ4v) is 4.45. The first kappa shape index (κ1) is 17.9. The van der Waals surface area contributed by atoms with Gasteiger partial charge in [0.05, 0.1) is 27.0 Å². The summed E-state index contributed by atoms with van der Waals surface area (Å²) in [6, 6.07) is 5.21. The van der Waals surface area contributed by atoms with Crippen LogP contribution in [0.2, 0.25) is 5.02 Å². The third-order valence-corrected chi connectivity index (χ3v) is 5.98. The molecule has 1 aromatic carbocycles. The van der Waals surface area contributed by atoms with Gasteiger partial charge >= 0.3 is 5.97 Å². The van der Waals surface area contributed by atoms with Crippen LogP contribution in [0.1, 0.15) is 41.9 Å². The minimum absolute atomic E-state index is 0.237. The molecular formula is C20H19ClN6O2. The van der Waals surface area contributed by atoms with E-state index in [1.807, 2.05) is 0 Å². The summed E-state index contributed by atoms with van der Waals surface area (Å²) in [5.74, 6) is 1.08. The topological polar surface area (TPSA) is 111 Å². The molecule has 4 heterocycles. The number of piperidine rings is 1. The molecular weight excluding hydrogens is 392 g/mol. The van der Waals surface area contributed by atoms with E-state index < -0.39 is 5.97 Å². The fourth-order valence-electron chi connectivity index (χ4n) is 4.22. The molecule has 4 aromatic rings. The molecule has 1 fully saturated rings. The van der Waals surface area contributed by atoms with E-state index in [0.717, 1.165) is 53.1 Å². The van der Waals surface area contributed by atoms with Crippen molar-refractivity contribution in [3.05, 3.63) is 47.1 Å². The molecule has 0 spiro atoms. The Bertz CT molecular complexity index is 1230. The van der Waals surface area contributed by atoms with E-state index in [1.54, 1.807) is 30.7 Å². The van der Waals surface area contributed by atoms with E-state index >= 15 is 0 Å². The molecule has 8 nitrogen and oxygen atoms in total. The minimum Gasteiger partial charge on any atom is -0.478 e. The van der Waals surface area contributed by atoms with Gasteiger partial charge in [-0.3, -0.25) is 0 Å². The molecule has 3 N–H and O–H groups in total. The largest absolute Gasteiger partial charge is 0.478 e. The number of carboxylic acid groups (broad SMARTS) is 1. The maximum Gasteiger partial charge on any atom is 0.335 e. The average molecular weight is 411 g/mol. The van der Waals surface area contributed by atoms with Crippen LogP contribution in [0.25, 0.3) is 22.1 Å². The monoisotopic (exact) mass is 410 g/mol. The summed E-state index contributed by atoms with van der Waals surface area (Å²) < 4.78 is 0. The second-order valence-electron chi connectivity index (χ2n) is 7.48. The molecule has 0 aliphatic carbocycles. The highest BCUT2D eigenvalue weighted by Gasteiger charge is 2.30.